The summed E-state index contributed by atoms with van der Waals surface area (Å²) in [5.74, 6) is -0.0595. The molecule has 2 nitrogen and oxygen atoms in total. The van der Waals surface area contributed by atoms with E-state index in [1.165, 1.54) is 0 Å². The molecule has 3 aromatic rings. The van der Waals surface area contributed by atoms with Gasteiger partial charge in [-0.3, -0.25) is 4.79 Å². The number of hydrogen-bond donors (Lipinski definition) is 1. The Morgan fingerprint density at radius 3 is 1.96 bits per heavy atom. The molecular formula is C24H23NO. The van der Waals surface area contributed by atoms with Crippen LogP contribution in [-0.4, -0.2) is 5.91 Å². The van der Waals surface area contributed by atoms with Crippen molar-refractivity contribution in [3.8, 4) is 0 Å². The van der Waals surface area contributed by atoms with Crippen LogP contribution in [-0.2, 0) is 4.79 Å². The van der Waals surface area contributed by atoms with Crippen molar-refractivity contribution in [2.24, 2.45) is 0 Å². The van der Waals surface area contributed by atoms with Crippen LogP contribution in [0.15, 0.2) is 91.0 Å². The summed E-state index contributed by atoms with van der Waals surface area (Å²) in [6, 6.07) is 29.8. The zero-order valence-corrected chi connectivity index (χ0v) is 14.9. The second-order valence-corrected chi connectivity index (χ2v) is 6.18. The summed E-state index contributed by atoms with van der Waals surface area (Å²) < 4.78 is 0. The normalized spacial score (nSPS) is 12.4. The van der Waals surface area contributed by atoms with Gasteiger partial charge in [0.25, 0.3) is 5.91 Å². The number of amides is 1. The predicted molar refractivity (Wildman–Crippen MR) is 108 cm³/mol. The number of nitrogens with one attached hydrogen (secondary N) is 1. The highest BCUT2D eigenvalue weighted by molar-refractivity contribution is 6.24. The van der Waals surface area contributed by atoms with Gasteiger partial charge in [0.1, 0.15) is 0 Å². The average molecular weight is 341 g/mol. The van der Waals surface area contributed by atoms with Gasteiger partial charge < -0.3 is 5.32 Å². The molecule has 0 unspecified atom stereocenters. The number of benzene rings is 3. The van der Waals surface area contributed by atoms with Crippen LogP contribution in [0.4, 0.5) is 0 Å². The molecule has 3 aromatic carbocycles. The maximum Gasteiger partial charge on any atom is 0.252 e. The molecule has 0 saturated carbocycles. The van der Waals surface area contributed by atoms with Gasteiger partial charge in [0, 0.05) is 5.57 Å². The highest BCUT2D eigenvalue weighted by Gasteiger charge is 2.17. The van der Waals surface area contributed by atoms with E-state index in [0.717, 1.165) is 23.1 Å². The first-order valence-electron chi connectivity index (χ1n) is 8.96. The summed E-state index contributed by atoms with van der Waals surface area (Å²) in [6.45, 7) is 2.08. The van der Waals surface area contributed by atoms with Gasteiger partial charge >= 0.3 is 0 Å². The first-order chi connectivity index (χ1) is 12.8. The number of carbonyl (C=O) groups excluding carboxylic acids is 1. The average Bonchev–Trinajstić information content (AvgIpc) is 2.72. The van der Waals surface area contributed by atoms with Crippen molar-refractivity contribution in [1.29, 1.82) is 0 Å². The molecule has 0 aliphatic carbocycles. The Morgan fingerprint density at radius 2 is 1.38 bits per heavy atom. The monoisotopic (exact) mass is 341 g/mol. The Labute approximate surface area is 155 Å². The first-order valence-corrected chi connectivity index (χ1v) is 8.96. The van der Waals surface area contributed by atoms with Crippen LogP contribution in [0.25, 0.3) is 11.6 Å². The van der Waals surface area contributed by atoms with E-state index >= 15 is 0 Å². The van der Waals surface area contributed by atoms with Crippen molar-refractivity contribution in [3.05, 3.63) is 108 Å². The molecule has 1 amide bonds. The molecule has 1 N–H and O–H groups in total. The van der Waals surface area contributed by atoms with Crippen LogP contribution in [0.3, 0.4) is 0 Å². The third-order valence-electron chi connectivity index (χ3n) is 4.36. The van der Waals surface area contributed by atoms with Gasteiger partial charge in [-0.15, -0.1) is 0 Å². The van der Waals surface area contributed by atoms with Gasteiger partial charge in [-0.25, -0.2) is 0 Å². The third kappa shape index (κ3) is 4.48. The quantitative estimate of drug-likeness (QED) is 0.466. The summed E-state index contributed by atoms with van der Waals surface area (Å²) in [6.07, 6.45) is 2.78. The fourth-order valence-electron chi connectivity index (χ4n) is 2.96. The van der Waals surface area contributed by atoms with Gasteiger partial charge in [-0.05, 0) is 29.2 Å². The van der Waals surface area contributed by atoms with E-state index in [1.807, 2.05) is 84.9 Å². The maximum absolute atomic E-state index is 13.1. The second kappa shape index (κ2) is 8.82. The van der Waals surface area contributed by atoms with Crippen molar-refractivity contribution in [2.45, 2.75) is 19.4 Å². The molecule has 0 aliphatic rings. The summed E-state index contributed by atoms with van der Waals surface area (Å²) in [5.41, 5.74) is 3.72. The van der Waals surface area contributed by atoms with Crippen LogP contribution < -0.4 is 5.32 Å². The summed E-state index contributed by atoms with van der Waals surface area (Å²) >= 11 is 0. The third-order valence-corrected chi connectivity index (χ3v) is 4.36. The number of rotatable bonds is 6. The highest BCUT2D eigenvalue weighted by atomic mass is 16.1. The van der Waals surface area contributed by atoms with Gasteiger partial charge in [0.2, 0.25) is 0 Å². The Balaban J connectivity index is 1.91. The van der Waals surface area contributed by atoms with Gasteiger partial charge in [0.05, 0.1) is 6.04 Å². The van der Waals surface area contributed by atoms with Crippen LogP contribution in [0, 0.1) is 0 Å². The fourth-order valence-corrected chi connectivity index (χ4v) is 2.96. The minimum atomic E-state index is -0.0595. The Bertz CT molecular complexity index is 854. The molecule has 2 heteroatoms. The van der Waals surface area contributed by atoms with Crippen LogP contribution in [0.1, 0.15) is 36.1 Å². The molecule has 0 heterocycles. The van der Waals surface area contributed by atoms with E-state index in [9.17, 15) is 4.79 Å². The van der Waals surface area contributed by atoms with Crippen molar-refractivity contribution >= 4 is 17.6 Å². The highest BCUT2D eigenvalue weighted by Crippen LogP contribution is 2.22. The molecule has 3 rings (SSSR count). The molecule has 0 radical (unpaired) electrons. The summed E-state index contributed by atoms with van der Waals surface area (Å²) in [5, 5.41) is 3.19. The summed E-state index contributed by atoms with van der Waals surface area (Å²) in [7, 11) is 0. The molecule has 130 valence electrons. The maximum atomic E-state index is 13.1. The zero-order valence-electron chi connectivity index (χ0n) is 14.9. The lowest BCUT2D eigenvalue weighted by atomic mass is 10.00. The Kier molecular flexibility index (Phi) is 6.00. The van der Waals surface area contributed by atoms with Crippen molar-refractivity contribution < 1.29 is 4.79 Å². The standard InChI is InChI=1S/C24H23NO/c1-2-23(21-16-10-5-11-17-21)25-24(26)22(20-14-8-4-9-15-20)18-19-12-6-3-7-13-19/h3-18,23H,2H2,1H3,(H,25,26)/b22-18+/t23-/m1/s1. The lowest BCUT2D eigenvalue weighted by Gasteiger charge is -2.19. The van der Waals surface area contributed by atoms with Crippen molar-refractivity contribution in [3.63, 3.8) is 0 Å². The molecule has 1 atom stereocenters. The van der Waals surface area contributed by atoms with E-state index in [0.29, 0.717) is 5.57 Å². The van der Waals surface area contributed by atoms with Crippen molar-refractivity contribution in [2.75, 3.05) is 0 Å². The largest absolute Gasteiger partial charge is 0.345 e. The summed E-state index contributed by atoms with van der Waals surface area (Å²) in [4.78, 5) is 13.1. The van der Waals surface area contributed by atoms with Crippen molar-refractivity contribution in [1.82, 2.24) is 5.32 Å². The van der Waals surface area contributed by atoms with Crippen LogP contribution in [0.2, 0.25) is 0 Å². The molecule has 0 bridgehead atoms. The molecule has 26 heavy (non-hydrogen) atoms. The second-order valence-electron chi connectivity index (χ2n) is 6.18. The number of hydrogen-bond acceptors (Lipinski definition) is 1. The molecule has 0 fully saturated rings. The topological polar surface area (TPSA) is 29.1 Å². The number of carbonyl (C=O) groups is 1. The van der Waals surface area contributed by atoms with Gasteiger partial charge in [0.15, 0.2) is 0 Å². The molecule has 0 aliphatic heterocycles. The van der Waals surface area contributed by atoms with Gasteiger partial charge in [-0.2, -0.15) is 0 Å². The Hall–Kier alpha value is -3.13. The molecular weight excluding hydrogens is 318 g/mol. The van der Waals surface area contributed by atoms with E-state index < -0.39 is 0 Å². The van der Waals surface area contributed by atoms with Crippen LogP contribution >= 0.6 is 0 Å². The molecule has 0 aromatic heterocycles. The first kappa shape index (κ1) is 17.7. The SMILES string of the molecule is CC[C@@H](NC(=O)/C(=C/c1ccccc1)c1ccccc1)c1ccccc1. The predicted octanol–water partition coefficient (Wildman–Crippen LogP) is 5.49. The minimum Gasteiger partial charge on any atom is -0.345 e. The lowest BCUT2D eigenvalue weighted by Crippen LogP contribution is -2.28. The molecule has 0 saturated heterocycles. The van der Waals surface area contributed by atoms with E-state index in [4.69, 9.17) is 0 Å². The van der Waals surface area contributed by atoms with Gasteiger partial charge in [-0.1, -0.05) is 97.9 Å². The Morgan fingerprint density at radius 1 is 0.846 bits per heavy atom. The van der Waals surface area contributed by atoms with E-state index in [2.05, 4.69) is 24.4 Å². The smallest absolute Gasteiger partial charge is 0.252 e. The fraction of sp³-hybridized carbons (Fsp3) is 0.125. The lowest BCUT2D eigenvalue weighted by molar-refractivity contribution is -0.116. The van der Waals surface area contributed by atoms with E-state index in [1.54, 1.807) is 0 Å². The van der Waals surface area contributed by atoms with E-state index in [-0.39, 0.29) is 11.9 Å². The molecule has 0 spiro atoms. The van der Waals surface area contributed by atoms with Crippen LogP contribution in [0.5, 0.6) is 0 Å². The zero-order chi connectivity index (χ0) is 18.2. The minimum absolute atomic E-state index is 0.00779.